The molecule has 39 heavy (non-hydrogen) atoms. The summed E-state index contributed by atoms with van der Waals surface area (Å²) in [5, 5.41) is 10.6. The van der Waals surface area contributed by atoms with E-state index in [4.69, 9.17) is 11.5 Å². The van der Waals surface area contributed by atoms with Crippen LogP contribution in [0.25, 0.3) is 0 Å². The van der Waals surface area contributed by atoms with Gasteiger partial charge in [-0.2, -0.15) is 0 Å². The molecule has 0 amide bonds. The minimum Gasteiger partial charge on any atom is -0.508 e. The molecule has 206 valence electrons. The normalized spacial score (nSPS) is 13.2. The maximum atomic E-state index is 10.6. The van der Waals surface area contributed by atoms with E-state index in [2.05, 4.69) is 94.4 Å². The van der Waals surface area contributed by atoms with E-state index in [9.17, 15) is 5.11 Å². The van der Waals surface area contributed by atoms with Crippen LogP contribution in [-0.4, -0.2) is 17.2 Å². The van der Waals surface area contributed by atoms with Gasteiger partial charge in [0, 0.05) is 28.5 Å². The largest absolute Gasteiger partial charge is 0.508 e. The van der Waals surface area contributed by atoms with Gasteiger partial charge < -0.3 is 16.6 Å². The van der Waals surface area contributed by atoms with Crippen LogP contribution in [0.15, 0.2) is 103 Å². The van der Waals surface area contributed by atoms with Crippen molar-refractivity contribution < 1.29 is 5.11 Å². The van der Waals surface area contributed by atoms with Crippen molar-refractivity contribution in [3.63, 3.8) is 0 Å². The lowest BCUT2D eigenvalue weighted by Gasteiger charge is -2.31. The summed E-state index contributed by atoms with van der Waals surface area (Å²) in [7, 11) is 0. The monoisotopic (exact) mass is 522 g/mol. The lowest BCUT2D eigenvalue weighted by molar-refractivity contribution is 0.451. The Hall–Kier alpha value is -3.40. The van der Waals surface area contributed by atoms with Crippen molar-refractivity contribution in [1.29, 1.82) is 0 Å². The molecule has 0 radical (unpaired) electrons. The molecule has 0 aliphatic carbocycles. The van der Waals surface area contributed by atoms with Gasteiger partial charge in [-0.25, -0.2) is 0 Å². The molecule has 4 rings (SSSR count). The predicted molar refractivity (Wildman–Crippen MR) is 166 cm³/mol. The lowest BCUT2D eigenvalue weighted by atomic mass is 9.73. The molecule has 5 N–H and O–H groups in total. The second-order valence-corrected chi connectivity index (χ2v) is 11.9. The van der Waals surface area contributed by atoms with E-state index in [1.807, 2.05) is 50.2 Å². The number of hydrogen-bond acceptors (Lipinski definition) is 3. The highest BCUT2D eigenvalue weighted by atomic mass is 16.3. The second kappa shape index (κ2) is 13.1. The first-order valence-electron chi connectivity index (χ1n) is 13.9. The first-order chi connectivity index (χ1) is 18.4. The molecule has 0 heterocycles. The number of hydrogen-bond donors (Lipinski definition) is 3. The van der Waals surface area contributed by atoms with Gasteiger partial charge in [-0.3, -0.25) is 0 Å². The van der Waals surface area contributed by atoms with Gasteiger partial charge >= 0.3 is 0 Å². The number of phenols is 1. The zero-order chi connectivity index (χ0) is 28.6. The molecule has 0 aromatic heterocycles. The summed E-state index contributed by atoms with van der Waals surface area (Å²) in [4.78, 5) is 0. The van der Waals surface area contributed by atoms with E-state index in [1.165, 1.54) is 27.8 Å². The molecule has 4 aromatic rings. The van der Waals surface area contributed by atoms with Crippen LogP contribution >= 0.6 is 0 Å². The van der Waals surface area contributed by atoms with E-state index in [1.54, 1.807) is 0 Å². The van der Waals surface area contributed by atoms with Crippen molar-refractivity contribution >= 4 is 0 Å². The highest BCUT2D eigenvalue weighted by Gasteiger charge is 2.29. The summed E-state index contributed by atoms with van der Waals surface area (Å²) in [5.41, 5.74) is 18.3. The average Bonchev–Trinajstić information content (AvgIpc) is 2.89. The van der Waals surface area contributed by atoms with Crippen LogP contribution in [0.2, 0.25) is 0 Å². The summed E-state index contributed by atoms with van der Waals surface area (Å²) < 4.78 is 0. The fourth-order valence-corrected chi connectivity index (χ4v) is 5.08. The second-order valence-electron chi connectivity index (χ2n) is 11.9. The summed E-state index contributed by atoms with van der Waals surface area (Å²) >= 11 is 0. The van der Waals surface area contributed by atoms with Gasteiger partial charge in [0.2, 0.25) is 0 Å². The Bertz CT molecular complexity index is 1280. The zero-order valence-electron chi connectivity index (χ0n) is 24.5. The third-order valence-corrected chi connectivity index (χ3v) is 7.49. The number of aromatic hydroxyl groups is 1. The van der Waals surface area contributed by atoms with E-state index < -0.39 is 0 Å². The third-order valence-electron chi connectivity index (χ3n) is 7.49. The summed E-state index contributed by atoms with van der Waals surface area (Å²) in [6, 6.07) is 35.9. The van der Waals surface area contributed by atoms with Crippen molar-refractivity contribution in [3.05, 3.63) is 137 Å². The molecule has 3 heteroatoms. The van der Waals surface area contributed by atoms with Gasteiger partial charge in [-0.15, -0.1) is 0 Å². The molecular formula is C36H46N2O. The topological polar surface area (TPSA) is 72.3 Å². The zero-order valence-corrected chi connectivity index (χ0v) is 24.5. The SMILES string of the molecule is CC(C)(c1ccccc1)c1ccc(O)c(C(C)(C)c2ccccc2)c1.CC(N)Cc1cccc(CC(C)N)c1. The van der Waals surface area contributed by atoms with Crippen LogP contribution in [0.3, 0.4) is 0 Å². The Labute approximate surface area is 235 Å². The maximum Gasteiger partial charge on any atom is 0.119 e. The lowest BCUT2D eigenvalue weighted by Crippen LogP contribution is -2.23. The maximum absolute atomic E-state index is 10.6. The van der Waals surface area contributed by atoms with E-state index in [0.717, 1.165) is 18.4 Å². The molecule has 0 saturated carbocycles. The average molecular weight is 523 g/mol. The quantitative estimate of drug-likeness (QED) is 0.224. The fraction of sp³-hybridized carbons (Fsp3) is 0.333. The first-order valence-corrected chi connectivity index (χ1v) is 13.9. The summed E-state index contributed by atoms with van der Waals surface area (Å²) in [6.07, 6.45) is 1.87. The number of benzene rings is 4. The van der Waals surface area contributed by atoms with Crippen molar-refractivity contribution in [1.82, 2.24) is 0 Å². The fourth-order valence-electron chi connectivity index (χ4n) is 5.08. The van der Waals surface area contributed by atoms with Crippen LogP contribution in [0.5, 0.6) is 5.75 Å². The Morgan fingerprint density at radius 3 is 1.49 bits per heavy atom. The minimum atomic E-state index is -0.270. The molecule has 0 spiro atoms. The number of phenolic OH excluding ortho intramolecular Hbond substituents is 1. The molecule has 0 saturated heterocycles. The van der Waals surface area contributed by atoms with Crippen molar-refractivity contribution in [2.24, 2.45) is 11.5 Å². The predicted octanol–water partition coefficient (Wildman–Crippen LogP) is 7.51. The minimum absolute atomic E-state index is 0.128. The van der Waals surface area contributed by atoms with Crippen molar-refractivity contribution in [3.8, 4) is 5.75 Å². The highest BCUT2D eigenvalue weighted by molar-refractivity contribution is 5.50. The van der Waals surface area contributed by atoms with Crippen LogP contribution in [0, 0.1) is 0 Å². The van der Waals surface area contributed by atoms with E-state index in [-0.39, 0.29) is 22.9 Å². The van der Waals surface area contributed by atoms with Crippen molar-refractivity contribution in [2.75, 3.05) is 0 Å². The number of nitrogens with two attached hydrogens (primary N) is 2. The molecule has 3 nitrogen and oxygen atoms in total. The number of rotatable bonds is 8. The molecule has 0 bridgehead atoms. The molecule has 0 aliphatic heterocycles. The first kappa shape index (κ1) is 30.1. The van der Waals surface area contributed by atoms with Gasteiger partial charge in [0.25, 0.3) is 0 Å². The van der Waals surface area contributed by atoms with Gasteiger partial charge in [0.05, 0.1) is 0 Å². The van der Waals surface area contributed by atoms with Crippen LogP contribution in [0.1, 0.15) is 74.9 Å². The van der Waals surface area contributed by atoms with Crippen LogP contribution in [-0.2, 0) is 23.7 Å². The van der Waals surface area contributed by atoms with Crippen molar-refractivity contribution in [2.45, 2.75) is 77.3 Å². The molecule has 0 fully saturated rings. The Morgan fingerprint density at radius 2 is 1.03 bits per heavy atom. The summed E-state index contributed by atoms with van der Waals surface area (Å²) in [5.74, 6) is 0.349. The summed E-state index contributed by atoms with van der Waals surface area (Å²) in [6.45, 7) is 12.8. The molecule has 4 aromatic carbocycles. The van der Waals surface area contributed by atoms with Gasteiger partial charge in [-0.05, 0) is 60.6 Å². The van der Waals surface area contributed by atoms with E-state index in [0.29, 0.717) is 5.75 Å². The Morgan fingerprint density at radius 1 is 0.564 bits per heavy atom. The third kappa shape index (κ3) is 8.05. The standard InChI is InChI=1S/C24H26O.C12H20N2/c1-23(2,18-11-7-5-8-12-18)20-15-16-22(25)21(17-20)24(3,4)19-13-9-6-10-14-19;1-9(13)6-11-4-3-5-12(8-11)7-10(2)14/h5-17,25H,1-4H3;3-5,8-10H,6-7,13-14H2,1-2H3. The van der Waals surface area contributed by atoms with E-state index >= 15 is 0 Å². The molecular weight excluding hydrogens is 476 g/mol. The highest BCUT2D eigenvalue weighted by Crippen LogP contribution is 2.40. The Balaban J connectivity index is 0.000000255. The smallest absolute Gasteiger partial charge is 0.119 e. The molecule has 2 atom stereocenters. The van der Waals surface area contributed by atoms with Crippen LogP contribution < -0.4 is 11.5 Å². The van der Waals surface area contributed by atoms with Crippen LogP contribution in [0.4, 0.5) is 0 Å². The van der Waals surface area contributed by atoms with Gasteiger partial charge in [0.15, 0.2) is 0 Å². The van der Waals surface area contributed by atoms with Gasteiger partial charge in [0.1, 0.15) is 5.75 Å². The Kier molecular flexibility index (Phi) is 10.1. The molecule has 2 unspecified atom stereocenters. The molecule has 0 aliphatic rings. The van der Waals surface area contributed by atoms with Gasteiger partial charge in [-0.1, -0.05) is 125 Å².